The van der Waals surface area contributed by atoms with E-state index in [0.717, 1.165) is 6.07 Å². The van der Waals surface area contributed by atoms with Gasteiger partial charge in [0, 0.05) is 7.05 Å². The van der Waals surface area contributed by atoms with E-state index >= 15 is 0 Å². The SMILES string of the molecule is Cn1nnnc1NC(=O)c1ccc(C(F)(F)F)nc1COC[C@@H]1CNC(=O)O1. The number of alkyl halides is 3. The Bertz CT molecular complexity index is 886. The molecule has 2 amide bonds. The van der Waals surface area contributed by atoms with Crippen molar-refractivity contribution < 1.29 is 32.2 Å². The summed E-state index contributed by atoms with van der Waals surface area (Å²) in [6.45, 7) is -0.274. The van der Waals surface area contributed by atoms with Crippen LogP contribution in [0.25, 0.3) is 0 Å². The summed E-state index contributed by atoms with van der Waals surface area (Å²) in [5, 5.41) is 15.2. The molecule has 2 aromatic rings. The smallest absolute Gasteiger partial charge is 0.433 e. The van der Waals surface area contributed by atoms with Gasteiger partial charge in [-0.2, -0.15) is 13.2 Å². The maximum absolute atomic E-state index is 13.0. The molecule has 1 aliphatic heterocycles. The molecule has 1 atom stereocenters. The van der Waals surface area contributed by atoms with Crippen molar-refractivity contribution in [3.8, 4) is 0 Å². The largest absolute Gasteiger partial charge is 0.442 e. The number of carbonyl (C=O) groups is 2. The molecule has 11 nitrogen and oxygen atoms in total. The first-order valence-electron chi connectivity index (χ1n) is 7.87. The van der Waals surface area contributed by atoms with Gasteiger partial charge in [-0.3, -0.25) is 10.1 Å². The van der Waals surface area contributed by atoms with E-state index in [1.54, 1.807) is 0 Å². The highest BCUT2D eigenvalue weighted by Crippen LogP contribution is 2.28. The zero-order chi connectivity index (χ0) is 20.3. The average Bonchev–Trinajstić information content (AvgIpc) is 3.22. The van der Waals surface area contributed by atoms with Crippen molar-refractivity contribution in [1.82, 2.24) is 30.5 Å². The summed E-state index contributed by atoms with van der Waals surface area (Å²) in [5.74, 6) is -0.757. The molecule has 0 saturated carbocycles. The number of pyridine rings is 1. The minimum Gasteiger partial charge on any atom is -0.442 e. The Hall–Kier alpha value is -3.29. The number of anilines is 1. The Morgan fingerprint density at radius 2 is 2.25 bits per heavy atom. The third kappa shape index (κ3) is 4.51. The van der Waals surface area contributed by atoms with Crippen molar-refractivity contribution in [2.45, 2.75) is 18.9 Å². The Kier molecular flexibility index (Phi) is 5.39. The van der Waals surface area contributed by atoms with Crippen LogP contribution in [0.4, 0.5) is 23.9 Å². The highest BCUT2D eigenvalue weighted by atomic mass is 19.4. The predicted molar refractivity (Wildman–Crippen MR) is 83.9 cm³/mol. The second-order valence-electron chi connectivity index (χ2n) is 5.69. The van der Waals surface area contributed by atoms with Gasteiger partial charge < -0.3 is 14.8 Å². The molecule has 0 radical (unpaired) electrons. The van der Waals surface area contributed by atoms with Crippen LogP contribution in [0.15, 0.2) is 12.1 Å². The zero-order valence-corrected chi connectivity index (χ0v) is 14.4. The Labute approximate surface area is 155 Å². The first kappa shape index (κ1) is 19.5. The molecular formula is C14H14F3N7O4. The molecule has 1 fully saturated rings. The van der Waals surface area contributed by atoms with Crippen LogP contribution in [0.3, 0.4) is 0 Å². The number of hydrogen-bond acceptors (Lipinski definition) is 8. The molecule has 150 valence electrons. The summed E-state index contributed by atoms with van der Waals surface area (Å²) >= 11 is 0. The van der Waals surface area contributed by atoms with Gasteiger partial charge >= 0.3 is 12.3 Å². The molecule has 0 bridgehead atoms. The molecule has 0 unspecified atom stereocenters. The molecule has 2 N–H and O–H groups in total. The normalized spacial score (nSPS) is 16.6. The van der Waals surface area contributed by atoms with Crippen molar-refractivity contribution in [3.63, 3.8) is 0 Å². The number of alkyl carbamates (subject to hydrolysis) is 1. The van der Waals surface area contributed by atoms with Gasteiger partial charge in [-0.1, -0.05) is 5.10 Å². The van der Waals surface area contributed by atoms with Gasteiger partial charge in [-0.25, -0.2) is 14.5 Å². The lowest BCUT2D eigenvalue weighted by Gasteiger charge is -2.14. The summed E-state index contributed by atoms with van der Waals surface area (Å²) in [6, 6.07) is 1.68. The summed E-state index contributed by atoms with van der Waals surface area (Å²) in [5.41, 5.74) is -1.55. The quantitative estimate of drug-likeness (QED) is 0.715. The molecule has 1 saturated heterocycles. The lowest BCUT2D eigenvalue weighted by molar-refractivity contribution is -0.141. The minimum absolute atomic E-state index is 0.000656. The van der Waals surface area contributed by atoms with Crippen molar-refractivity contribution in [2.75, 3.05) is 18.5 Å². The summed E-state index contributed by atoms with van der Waals surface area (Å²) < 4.78 is 50.2. The monoisotopic (exact) mass is 401 g/mol. The highest BCUT2D eigenvalue weighted by Gasteiger charge is 2.33. The van der Waals surface area contributed by atoms with Crippen LogP contribution in [-0.4, -0.2) is 56.4 Å². The van der Waals surface area contributed by atoms with Gasteiger partial charge in [0.15, 0.2) is 0 Å². The van der Waals surface area contributed by atoms with E-state index < -0.39 is 36.6 Å². The minimum atomic E-state index is -4.69. The van der Waals surface area contributed by atoms with E-state index in [9.17, 15) is 22.8 Å². The van der Waals surface area contributed by atoms with Crippen LogP contribution in [0.5, 0.6) is 0 Å². The first-order valence-corrected chi connectivity index (χ1v) is 7.87. The van der Waals surface area contributed by atoms with Crippen LogP contribution in [0.1, 0.15) is 21.7 Å². The number of amides is 2. The van der Waals surface area contributed by atoms with Gasteiger partial charge in [0.25, 0.3) is 5.91 Å². The van der Waals surface area contributed by atoms with Gasteiger partial charge in [-0.05, 0) is 22.6 Å². The first-order chi connectivity index (χ1) is 13.2. The van der Waals surface area contributed by atoms with Crippen molar-refractivity contribution >= 4 is 17.9 Å². The van der Waals surface area contributed by atoms with Crippen LogP contribution in [0.2, 0.25) is 0 Å². The van der Waals surface area contributed by atoms with E-state index in [1.807, 2.05) is 0 Å². The molecule has 0 aromatic carbocycles. The van der Waals surface area contributed by atoms with E-state index in [1.165, 1.54) is 11.7 Å². The van der Waals surface area contributed by atoms with E-state index in [4.69, 9.17) is 9.47 Å². The Morgan fingerprint density at radius 1 is 1.46 bits per heavy atom. The number of cyclic esters (lactones) is 1. The standard InChI is InChI=1S/C14H14F3N7O4/c1-24-12(21-22-23-24)20-11(25)8-2-3-10(14(15,16)17)19-9(8)6-27-5-7-4-18-13(26)28-7/h2-3,7H,4-6H2,1H3,(H,18,26)(H,20,21,23,25)/t7-/m0/s1. The maximum Gasteiger partial charge on any atom is 0.433 e. The van der Waals surface area contributed by atoms with Crippen molar-refractivity contribution in [3.05, 3.63) is 29.1 Å². The fourth-order valence-corrected chi connectivity index (χ4v) is 2.29. The number of ether oxygens (including phenoxy) is 2. The van der Waals surface area contributed by atoms with Crippen LogP contribution in [0, 0.1) is 0 Å². The summed E-state index contributed by atoms with van der Waals surface area (Å²) in [4.78, 5) is 26.9. The number of tetrazole rings is 1. The highest BCUT2D eigenvalue weighted by molar-refractivity contribution is 6.04. The van der Waals surface area contributed by atoms with Gasteiger partial charge in [0.1, 0.15) is 11.8 Å². The summed E-state index contributed by atoms with van der Waals surface area (Å²) in [6.07, 6.45) is -5.88. The second kappa shape index (κ2) is 7.75. The molecule has 3 heterocycles. The zero-order valence-electron chi connectivity index (χ0n) is 14.4. The third-order valence-electron chi connectivity index (χ3n) is 3.65. The van der Waals surface area contributed by atoms with Gasteiger partial charge in [-0.15, -0.1) is 0 Å². The average molecular weight is 401 g/mol. The number of nitrogens with zero attached hydrogens (tertiary/aromatic N) is 5. The molecule has 14 heteroatoms. The lowest BCUT2D eigenvalue weighted by atomic mass is 10.1. The fraction of sp³-hybridized carbons (Fsp3) is 0.429. The van der Waals surface area contributed by atoms with E-state index in [2.05, 4.69) is 31.1 Å². The second-order valence-corrected chi connectivity index (χ2v) is 5.69. The predicted octanol–water partition coefficient (Wildman–Crippen LogP) is 0.501. The molecule has 28 heavy (non-hydrogen) atoms. The maximum atomic E-state index is 13.0. The van der Waals surface area contributed by atoms with E-state index in [0.29, 0.717) is 6.07 Å². The number of nitrogens with one attached hydrogen (secondary N) is 2. The fourth-order valence-electron chi connectivity index (χ4n) is 2.29. The molecule has 0 spiro atoms. The molecule has 3 rings (SSSR count). The summed E-state index contributed by atoms with van der Waals surface area (Å²) in [7, 11) is 1.47. The molecule has 0 aliphatic carbocycles. The number of rotatable bonds is 6. The van der Waals surface area contributed by atoms with Crippen LogP contribution in [-0.2, 0) is 29.3 Å². The number of aryl methyl sites for hydroxylation is 1. The van der Waals surface area contributed by atoms with Crippen molar-refractivity contribution in [2.24, 2.45) is 7.05 Å². The number of carbonyl (C=O) groups excluding carboxylic acids is 2. The molecule has 2 aromatic heterocycles. The number of hydrogen-bond donors (Lipinski definition) is 2. The molecule has 1 aliphatic rings. The lowest BCUT2D eigenvalue weighted by Crippen LogP contribution is -2.22. The van der Waals surface area contributed by atoms with Gasteiger partial charge in [0.05, 0.1) is 31.0 Å². The van der Waals surface area contributed by atoms with Gasteiger partial charge in [0.2, 0.25) is 5.95 Å². The van der Waals surface area contributed by atoms with Crippen LogP contribution < -0.4 is 10.6 Å². The Morgan fingerprint density at radius 3 is 2.86 bits per heavy atom. The molecular weight excluding hydrogens is 387 g/mol. The van der Waals surface area contributed by atoms with E-state index in [-0.39, 0.29) is 30.4 Å². The number of halogens is 3. The third-order valence-corrected chi connectivity index (χ3v) is 3.65. The van der Waals surface area contributed by atoms with Crippen LogP contribution >= 0.6 is 0 Å². The number of aromatic nitrogens is 5. The Balaban J connectivity index is 1.76. The topological polar surface area (TPSA) is 133 Å². The van der Waals surface area contributed by atoms with Crippen molar-refractivity contribution in [1.29, 1.82) is 0 Å².